The molecule has 0 aliphatic carbocycles. The number of carboxylic acids is 1. The number of aliphatic carboxylic acids is 1. The molecule has 4 heteroatoms. The molecule has 0 aromatic heterocycles. The van der Waals surface area contributed by atoms with Crippen molar-refractivity contribution < 1.29 is 9.90 Å². The Kier molecular flexibility index (Phi) is 3.26. The molecule has 0 spiro atoms. The molecule has 1 rings (SSSR count). The third-order valence-corrected chi connectivity index (χ3v) is 2.54. The molecule has 0 saturated carbocycles. The lowest BCUT2D eigenvalue weighted by Gasteiger charge is -2.04. The molecule has 0 unspecified atom stereocenters. The highest BCUT2D eigenvalue weighted by molar-refractivity contribution is 9.10. The van der Waals surface area contributed by atoms with E-state index in [1.807, 2.05) is 13.0 Å². The predicted octanol–water partition coefficient (Wildman–Crippen LogP) is 2.26. The molecule has 0 radical (unpaired) electrons. The first-order chi connectivity index (χ1) is 6.54. The number of benzene rings is 1. The smallest absolute Gasteiger partial charge is 0.307 e. The van der Waals surface area contributed by atoms with Crippen LogP contribution in [0.4, 0.5) is 0 Å². The number of halogens is 1. The van der Waals surface area contributed by atoms with Crippen LogP contribution in [-0.4, -0.2) is 11.1 Å². The van der Waals surface area contributed by atoms with Crippen molar-refractivity contribution in [1.82, 2.24) is 0 Å². The predicted molar refractivity (Wildman–Crippen MR) is 54.9 cm³/mol. The second kappa shape index (κ2) is 4.25. The lowest BCUT2D eigenvalue weighted by Crippen LogP contribution is -2.02. The minimum atomic E-state index is -0.890. The third kappa shape index (κ3) is 2.33. The van der Waals surface area contributed by atoms with Gasteiger partial charge in [-0.05, 0) is 46.1 Å². The second-order valence-corrected chi connectivity index (χ2v) is 3.80. The number of nitriles is 1. The minimum Gasteiger partial charge on any atom is -0.481 e. The molecule has 0 atom stereocenters. The first kappa shape index (κ1) is 10.7. The summed E-state index contributed by atoms with van der Waals surface area (Å²) in [6.07, 6.45) is -0.0478. The highest BCUT2D eigenvalue weighted by Gasteiger charge is 2.08. The van der Waals surface area contributed by atoms with E-state index < -0.39 is 5.97 Å². The largest absolute Gasteiger partial charge is 0.481 e. The van der Waals surface area contributed by atoms with Crippen LogP contribution in [0.2, 0.25) is 0 Å². The zero-order valence-electron chi connectivity index (χ0n) is 7.54. The molecular weight excluding hydrogens is 246 g/mol. The minimum absolute atomic E-state index is 0.0478. The molecule has 1 aromatic rings. The number of carbonyl (C=O) groups is 1. The van der Waals surface area contributed by atoms with Gasteiger partial charge in [0.15, 0.2) is 0 Å². The standard InChI is InChI=1S/C10H8BrNO2/c1-6-2-9(11)8(5-12)3-7(6)4-10(13)14/h2-3H,4H2,1H3,(H,13,14). The fourth-order valence-electron chi connectivity index (χ4n) is 1.16. The molecule has 14 heavy (non-hydrogen) atoms. The van der Waals surface area contributed by atoms with Crippen LogP contribution in [-0.2, 0) is 11.2 Å². The summed E-state index contributed by atoms with van der Waals surface area (Å²) in [5, 5.41) is 17.4. The number of rotatable bonds is 2. The monoisotopic (exact) mass is 253 g/mol. The number of aryl methyl sites for hydroxylation is 1. The summed E-state index contributed by atoms with van der Waals surface area (Å²) >= 11 is 3.24. The molecule has 3 nitrogen and oxygen atoms in total. The van der Waals surface area contributed by atoms with Crippen LogP contribution in [0.25, 0.3) is 0 Å². The van der Waals surface area contributed by atoms with Gasteiger partial charge in [0.1, 0.15) is 6.07 Å². The first-order valence-electron chi connectivity index (χ1n) is 3.95. The van der Waals surface area contributed by atoms with Crippen LogP contribution in [0.1, 0.15) is 16.7 Å². The van der Waals surface area contributed by atoms with Gasteiger partial charge in [0.25, 0.3) is 0 Å². The van der Waals surface area contributed by atoms with Gasteiger partial charge in [-0.15, -0.1) is 0 Å². The highest BCUT2D eigenvalue weighted by atomic mass is 79.9. The highest BCUT2D eigenvalue weighted by Crippen LogP contribution is 2.21. The Morgan fingerprint density at radius 1 is 1.64 bits per heavy atom. The average molecular weight is 254 g/mol. The van der Waals surface area contributed by atoms with E-state index in [1.165, 1.54) is 0 Å². The molecule has 0 saturated heterocycles. The molecule has 72 valence electrons. The lowest BCUT2D eigenvalue weighted by atomic mass is 10.0. The molecule has 1 aromatic carbocycles. The van der Waals surface area contributed by atoms with E-state index in [0.29, 0.717) is 15.6 Å². The van der Waals surface area contributed by atoms with Gasteiger partial charge in [-0.2, -0.15) is 5.26 Å². The summed E-state index contributed by atoms with van der Waals surface area (Å²) < 4.78 is 0.701. The van der Waals surface area contributed by atoms with E-state index >= 15 is 0 Å². The molecule has 0 heterocycles. The molecule has 0 aliphatic rings. The van der Waals surface area contributed by atoms with Crippen molar-refractivity contribution in [3.63, 3.8) is 0 Å². The lowest BCUT2D eigenvalue weighted by molar-refractivity contribution is -0.136. The Morgan fingerprint density at radius 2 is 2.29 bits per heavy atom. The SMILES string of the molecule is Cc1cc(Br)c(C#N)cc1CC(=O)O. The Labute approximate surface area is 90.1 Å². The van der Waals surface area contributed by atoms with Crippen molar-refractivity contribution >= 4 is 21.9 Å². The molecule has 1 N–H and O–H groups in total. The number of carboxylic acid groups (broad SMARTS) is 1. The van der Waals surface area contributed by atoms with Gasteiger partial charge < -0.3 is 5.11 Å². The first-order valence-corrected chi connectivity index (χ1v) is 4.75. The van der Waals surface area contributed by atoms with E-state index in [1.54, 1.807) is 12.1 Å². The van der Waals surface area contributed by atoms with E-state index in [9.17, 15) is 4.79 Å². The zero-order valence-corrected chi connectivity index (χ0v) is 9.13. The summed E-state index contributed by atoms with van der Waals surface area (Å²) in [5.74, 6) is -0.890. The van der Waals surface area contributed by atoms with Crippen LogP contribution in [0, 0.1) is 18.3 Å². The van der Waals surface area contributed by atoms with Gasteiger partial charge in [-0.1, -0.05) is 0 Å². The van der Waals surface area contributed by atoms with Gasteiger partial charge in [0.05, 0.1) is 12.0 Å². The summed E-state index contributed by atoms with van der Waals surface area (Å²) in [7, 11) is 0. The van der Waals surface area contributed by atoms with Gasteiger partial charge in [-0.25, -0.2) is 0 Å². The number of hydrogen-bond donors (Lipinski definition) is 1. The third-order valence-electron chi connectivity index (χ3n) is 1.89. The van der Waals surface area contributed by atoms with Crippen LogP contribution < -0.4 is 0 Å². The van der Waals surface area contributed by atoms with Crippen molar-refractivity contribution in [2.45, 2.75) is 13.3 Å². The van der Waals surface area contributed by atoms with Crippen molar-refractivity contribution in [2.24, 2.45) is 0 Å². The fourth-order valence-corrected chi connectivity index (χ4v) is 1.70. The maximum absolute atomic E-state index is 10.5. The van der Waals surface area contributed by atoms with Crippen LogP contribution >= 0.6 is 15.9 Å². The Bertz CT molecular complexity index is 421. The zero-order chi connectivity index (χ0) is 10.7. The second-order valence-electron chi connectivity index (χ2n) is 2.94. The molecule has 0 bridgehead atoms. The van der Waals surface area contributed by atoms with Crippen LogP contribution in [0.3, 0.4) is 0 Å². The topological polar surface area (TPSA) is 61.1 Å². The van der Waals surface area contributed by atoms with E-state index in [-0.39, 0.29) is 6.42 Å². The quantitative estimate of drug-likeness (QED) is 0.880. The molecule has 0 fully saturated rings. The van der Waals surface area contributed by atoms with Crippen molar-refractivity contribution in [1.29, 1.82) is 5.26 Å². The van der Waals surface area contributed by atoms with Gasteiger partial charge in [-0.3, -0.25) is 4.79 Å². The van der Waals surface area contributed by atoms with Crippen molar-refractivity contribution in [3.05, 3.63) is 33.3 Å². The Hall–Kier alpha value is -1.34. The molecule has 0 aliphatic heterocycles. The maximum atomic E-state index is 10.5. The van der Waals surface area contributed by atoms with Gasteiger partial charge in [0, 0.05) is 4.47 Å². The number of nitrogens with zero attached hydrogens (tertiary/aromatic N) is 1. The summed E-state index contributed by atoms with van der Waals surface area (Å²) in [5.41, 5.74) is 2.02. The molecular formula is C10H8BrNO2. The normalized spacial score (nSPS) is 9.50. The van der Waals surface area contributed by atoms with Crippen LogP contribution in [0.5, 0.6) is 0 Å². The Morgan fingerprint density at radius 3 is 2.79 bits per heavy atom. The summed E-state index contributed by atoms with van der Waals surface area (Å²) in [6.45, 7) is 1.82. The van der Waals surface area contributed by atoms with E-state index in [2.05, 4.69) is 15.9 Å². The molecule has 0 amide bonds. The summed E-state index contributed by atoms with van der Waals surface area (Å²) in [6, 6.07) is 5.36. The van der Waals surface area contributed by atoms with E-state index in [4.69, 9.17) is 10.4 Å². The summed E-state index contributed by atoms with van der Waals surface area (Å²) in [4.78, 5) is 10.5. The average Bonchev–Trinajstić information content (AvgIpc) is 2.09. The number of hydrogen-bond acceptors (Lipinski definition) is 2. The maximum Gasteiger partial charge on any atom is 0.307 e. The van der Waals surface area contributed by atoms with Gasteiger partial charge >= 0.3 is 5.97 Å². The Balaban J connectivity index is 3.19. The van der Waals surface area contributed by atoms with Crippen molar-refractivity contribution in [2.75, 3.05) is 0 Å². The van der Waals surface area contributed by atoms with Gasteiger partial charge in [0.2, 0.25) is 0 Å². The van der Waals surface area contributed by atoms with Crippen molar-refractivity contribution in [3.8, 4) is 6.07 Å². The van der Waals surface area contributed by atoms with E-state index in [0.717, 1.165) is 5.56 Å². The van der Waals surface area contributed by atoms with Crippen LogP contribution in [0.15, 0.2) is 16.6 Å². The fraction of sp³-hybridized carbons (Fsp3) is 0.200.